The maximum atomic E-state index is 8.42. The van der Waals surface area contributed by atoms with Gasteiger partial charge in [0.1, 0.15) is 0 Å². The Hall–Kier alpha value is 10.7. The van der Waals surface area contributed by atoms with Crippen LogP contribution in [0, 0.1) is 0 Å². The molecule has 0 amide bonds. The molecule has 0 aromatic heterocycles. The van der Waals surface area contributed by atoms with Crippen molar-refractivity contribution in [3.8, 4) is 0 Å². The van der Waals surface area contributed by atoms with Gasteiger partial charge in [-0.25, -0.2) is 0 Å². The Kier molecular flexibility index (Phi) is 263. The molecular formula is H12B2Ba3Ca3Mg3O6. The second kappa shape index (κ2) is 63.2. The van der Waals surface area contributed by atoms with Gasteiger partial charge in [0, 0.05) is 0 Å². The van der Waals surface area contributed by atoms with Crippen LogP contribution in [0.5, 0.6) is 0 Å². The Morgan fingerprint density at radius 1 is 0.412 bits per heavy atom. The molecule has 0 radical (unpaired) electrons. The maximum absolute atomic E-state index is 8.42. The predicted molar refractivity (Wildman–Crippen MR) is 80.0 cm³/mol. The van der Waals surface area contributed by atoms with Crippen molar-refractivity contribution in [3.63, 3.8) is 0 Å². The molecular weight excluding hydrogens is 723 g/mol. The van der Waals surface area contributed by atoms with Crippen molar-refractivity contribution >= 4 is 344 Å². The Morgan fingerprint density at radius 3 is 0.412 bits per heavy atom. The zero-order valence-electron chi connectivity index (χ0n) is 5.73. The van der Waals surface area contributed by atoms with Gasteiger partial charge in [0.25, 0.3) is 0 Å². The van der Waals surface area contributed by atoms with Gasteiger partial charge in [-0.2, -0.15) is 0 Å². The fraction of sp³-hybridized carbons (Fsp3) is 0. The van der Waals surface area contributed by atoms with Crippen LogP contribution >= 0.6 is 0 Å². The molecule has 72 valence electrons. The van der Waals surface area contributed by atoms with Crippen molar-refractivity contribution in [3.05, 3.63) is 0 Å². The van der Waals surface area contributed by atoms with Crippen LogP contribution < -0.4 is 30.1 Å². The maximum Gasteiger partial charge on any atom is 2.00 e. The Bertz CT molecular complexity index is 53.2. The molecule has 0 N–H and O–H groups in total. The largest absolute Gasteiger partial charge is 2.00 e. The molecule has 0 aromatic rings. The van der Waals surface area contributed by atoms with Gasteiger partial charge in [0.05, 0.1) is 0 Å². The number of hydrogen-bond donors (Lipinski definition) is 0. The first-order valence-corrected chi connectivity index (χ1v) is 1.41. The van der Waals surface area contributed by atoms with Crippen molar-refractivity contribution in [2.24, 2.45) is 0 Å². The summed E-state index contributed by atoms with van der Waals surface area (Å²) in [5.41, 5.74) is 0. The smallest absolute Gasteiger partial charge is 0.907 e. The fourth-order valence-corrected chi connectivity index (χ4v) is 0. The van der Waals surface area contributed by atoms with E-state index in [1.807, 2.05) is 0 Å². The molecule has 0 saturated carbocycles. The van der Waals surface area contributed by atoms with E-state index < -0.39 is 14.6 Å². The van der Waals surface area contributed by atoms with E-state index in [0.29, 0.717) is 0 Å². The third kappa shape index (κ3) is 142. The van der Waals surface area contributed by atoms with Gasteiger partial charge in [-0.1, -0.05) is 0 Å². The normalized spacial score (nSPS) is 3.18. The van der Waals surface area contributed by atoms with Crippen LogP contribution in [0.25, 0.3) is 0 Å². The van der Waals surface area contributed by atoms with Gasteiger partial charge in [0.2, 0.25) is 0 Å². The van der Waals surface area contributed by atoms with E-state index in [1.54, 1.807) is 0 Å². The average molecular weight is 735 g/mol. The van der Waals surface area contributed by atoms with E-state index in [-0.39, 0.29) is 329 Å². The molecule has 0 aliphatic heterocycles. The fourth-order valence-electron chi connectivity index (χ4n) is 0. The third-order valence-electron chi connectivity index (χ3n) is 0. The summed E-state index contributed by atoms with van der Waals surface area (Å²) in [5.74, 6) is 0. The van der Waals surface area contributed by atoms with Crippen LogP contribution in [-0.4, -0.2) is 344 Å². The molecule has 0 aromatic carbocycles. The van der Waals surface area contributed by atoms with Crippen LogP contribution in [0.1, 0.15) is 0 Å². The van der Waals surface area contributed by atoms with Crippen LogP contribution in [-0.2, 0) is 0 Å². The second-order valence-corrected chi connectivity index (χ2v) is 0.577. The van der Waals surface area contributed by atoms with Crippen molar-refractivity contribution in [2.45, 2.75) is 0 Å². The van der Waals surface area contributed by atoms with Gasteiger partial charge in [-0.3, -0.25) is 14.6 Å². The minimum absolute atomic E-state index is 0. The summed E-state index contributed by atoms with van der Waals surface area (Å²) in [7, 11) is -5.83. The van der Waals surface area contributed by atoms with Crippen molar-refractivity contribution in [1.82, 2.24) is 0 Å². The van der Waals surface area contributed by atoms with Crippen molar-refractivity contribution < 1.29 is 30.1 Å². The van der Waals surface area contributed by atoms with Gasteiger partial charge in [0.15, 0.2) is 0 Å². The minimum atomic E-state index is -2.92. The molecule has 0 fully saturated rings. The van der Waals surface area contributed by atoms with E-state index >= 15 is 0 Å². The molecule has 6 nitrogen and oxygen atoms in total. The zero-order chi connectivity index (χ0) is 7.15. The van der Waals surface area contributed by atoms with Crippen molar-refractivity contribution in [1.29, 1.82) is 0 Å². The Morgan fingerprint density at radius 2 is 0.412 bits per heavy atom. The molecule has 0 unspecified atom stereocenters. The molecule has 0 rings (SSSR count). The summed E-state index contributed by atoms with van der Waals surface area (Å²) in [6, 6.07) is 0. The second-order valence-electron chi connectivity index (χ2n) is 0.577. The monoisotopic (exact) mass is 736 g/mol. The summed E-state index contributed by atoms with van der Waals surface area (Å²) in [5, 5.41) is 50.5. The van der Waals surface area contributed by atoms with Gasteiger partial charge >= 0.3 is 329 Å². The molecule has 17 heteroatoms. The molecule has 0 heterocycles. The molecule has 0 aliphatic carbocycles. The first-order chi connectivity index (χ1) is 3.46. The molecule has 0 saturated heterocycles. The summed E-state index contributed by atoms with van der Waals surface area (Å²) < 4.78 is 0. The van der Waals surface area contributed by atoms with Crippen LogP contribution in [0.2, 0.25) is 0 Å². The third-order valence-corrected chi connectivity index (χ3v) is 0. The first kappa shape index (κ1) is 70.8. The summed E-state index contributed by atoms with van der Waals surface area (Å²) in [6.45, 7) is 0. The Balaban J connectivity index is -0.00000000308. The number of hydrogen-bond acceptors (Lipinski definition) is 6. The quantitative estimate of drug-likeness (QED) is 0.227. The average Bonchev–Trinajstić information content (AvgIpc) is 1.25. The Labute approximate surface area is 361 Å². The minimum Gasteiger partial charge on any atom is -0.907 e. The molecule has 0 spiro atoms. The van der Waals surface area contributed by atoms with E-state index in [1.165, 1.54) is 0 Å². The zero-order valence-corrected chi connectivity index (χ0v) is 9.97. The molecule has 17 heavy (non-hydrogen) atoms. The summed E-state index contributed by atoms with van der Waals surface area (Å²) in [6.07, 6.45) is 0. The van der Waals surface area contributed by atoms with Crippen LogP contribution in [0.15, 0.2) is 0 Å². The van der Waals surface area contributed by atoms with Crippen LogP contribution in [0.3, 0.4) is 0 Å². The van der Waals surface area contributed by atoms with Crippen LogP contribution in [0.4, 0.5) is 0 Å². The van der Waals surface area contributed by atoms with Crippen molar-refractivity contribution in [2.75, 3.05) is 0 Å². The van der Waals surface area contributed by atoms with E-state index in [9.17, 15) is 0 Å². The van der Waals surface area contributed by atoms with Gasteiger partial charge in [-0.05, 0) is 0 Å². The SMILES string of the molecule is [BaH2].[BaH2].[BaH2].[CaH2].[CaH2].[CaH2].[Mg+2].[Mg+2].[Mg+2].[O-]B([O-])[O-].[O-]B([O-])[O-]. The molecule has 0 aliphatic rings. The van der Waals surface area contributed by atoms with E-state index in [2.05, 4.69) is 0 Å². The topological polar surface area (TPSA) is 138 Å². The molecule has 0 atom stereocenters. The number of rotatable bonds is 0. The first-order valence-electron chi connectivity index (χ1n) is 1.41. The van der Waals surface area contributed by atoms with Gasteiger partial charge < -0.3 is 30.1 Å². The van der Waals surface area contributed by atoms with E-state index in [0.717, 1.165) is 0 Å². The molecule has 0 bridgehead atoms. The standard InChI is InChI=1S/2BO3.3Ba.3Ca.3Mg.12H/c2*2-1(3)4;;;;;;;;;;;;;;;;;;;;;/q2*-3;;;;;;;3*+2;;;;;;;;;;;;. The van der Waals surface area contributed by atoms with Gasteiger partial charge in [-0.15, -0.1) is 0 Å². The predicted octanol–water partition coefficient (Wildman–Crippen LogP) is -14.5. The van der Waals surface area contributed by atoms with E-state index in [4.69, 9.17) is 30.1 Å². The summed E-state index contributed by atoms with van der Waals surface area (Å²) >= 11 is 0. The summed E-state index contributed by atoms with van der Waals surface area (Å²) in [4.78, 5) is 0.